The molecular formula is C26H38N4O3S. The minimum absolute atomic E-state index is 0.0322. The third kappa shape index (κ3) is 5.62. The monoisotopic (exact) mass is 486 g/mol. The second-order valence-corrected chi connectivity index (χ2v) is 8.56. The molecule has 186 valence electrons. The van der Waals surface area contributed by atoms with Crippen molar-refractivity contribution < 1.29 is 14.9 Å². The van der Waals surface area contributed by atoms with Gasteiger partial charge in [0.05, 0.1) is 30.5 Å². The van der Waals surface area contributed by atoms with E-state index in [4.69, 9.17) is 17.0 Å². The summed E-state index contributed by atoms with van der Waals surface area (Å²) in [5.41, 5.74) is 2.33. The van der Waals surface area contributed by atoms with Gasteiger partial charge in [0.15, 0.2) is 10.6 Å². The van der Waals surface area contributed by atoms with Crippen molar-refractivity contribution in [2.45, 2.75) is 60.4 Å². The minimum atomic E-state index is -0.277. The molecule has 1 aromatic carbocycles. The lowest BCUT2D eigenvalue weighted by Crippen LogP contribution is -2.06. The number of nitrogens with one attached hydrogen (secondary N) is 1. The quantitative estimate of drug-likeness (QED) is 0.177. The third-order valence-electron chi connectivity index (χ3n) is 5.50. The maximum Gasteiger partial charge on any atom is 0.200 e. The number of benzene rings is 1. The first kappa shape index (κ1) is 27.4. The van der Waals surface area contributed by atoms with Crippen LogP contribution in [0, 0.1) is 10.7 Å². The Morgan fingerprint density at radius 2 is 1.94 bits per heavy atom. The van der Waals surface area contributed by atoms with Gasteiger partial charge in [0.2, 0.25) is 0 Å². The van der Waals surface area contributed by atoms with E-state index in [0.29, 0.717) is 16.2 Å². The molecule has 34 heavy (non-hydrogen) atoms. The highest BCUT2D eigenvalue weighted by molar-refractivity contribution is 7.71. The molecule has 0 saturated carbocycles. The molecule has 0 fully saturated rings. The molecular weight excluding hydrogens is 448 g/mol. The molecule has 2 aromatic heterocycles. The largest absolute Gasteiger partial charge is 0.507 e. The topological polar surface area (TPSA) is 88.2 Å². The van der Waals surface area contributed by atoms with E-state index in [2.05, 4.69) is 42.5 Å². The Morgan fingerprint density at radius 1 is 1.24 bits per heavy atom. The van der Waals surface area contributed by atoms with Gasteiger partial charge in [0.1, 0.15) is 11.5 Å². The van der Waals surface area contributed by atoms with Crippen LogP contribution < -0.4 is 4.74 Å². The number of aromatic nitrogens is 4. The summed E-state index contributed by atoms with van der Waals surface area (Å²) in [4.78, 5) is 0. The predicted molar refractivity (Wildman–Crippen MR) is 142 cm³/mol. The lowest BCUT2D eigenvalue weighted by atomic mass is 10.0. The Kier molecular flexibility index (Phi) is 10.1. The van der Waals surface area contributed by atoms with Gasteiger partial charge >= 0.3 is 0 Å². The number of aliphatic hydroxyl groups excluding tert-OH is 2. The number of methoxy groups -OCH3 is 1. The Hall–Kier alpha value is -2.84. The maximum atomic E-state index is 10.7. The van der Waals surface area contributed by atoms with E-state index in [0.717, 1.165) is 35.2 Å². The number of nitrogens with zero attached hydrogens (tertiary/aromatic N) is 3. The van der Waals surface area contributed by atoms with Crippen molar-refractivity contribution in [1.29, 1.82) is 0 Å². The van der Waals surface area contributed by atoms with Crippen LogP contribution in [0.15, 0.2) is 42.3 Å². The van der Waals surface area contributed by atoms with Gasteiger partial charge in [0, 0.05) is 17.6 Å². The molecule has 1 atom stereocenters. The number of H-pyrrole nitrogens is 1. The molecule has 0 radical (unpaired) electrons. The molecule has 0 saturated heterocycles. The van der Waals surface area contributed by atoms with Gasteiger partial charge in [-0.2, -0.15) is 5.10 Å². The highest BCUT2D eigenvalue weighted by Crippen LogP contribution is 2.35. The fraction of sp³-hybridized carbons (Fsp3) is 0.462. The fourth-order valence-electron chi connectivity index (χ4n) is 4.02. The average molecular weight is 487 g/mol. The number of hydrogen-bond donors (Lipinski definition) is 3. The zero-order chi connectivity index (χ0) is 25.4. The number of aliphatic hydroxyl groups is 2. The number of aromatic amines is 1. The number of allylic oxidation sites excluding steroid dienone is 2. The van der Waals surface area contributed by atoms with E-state index in [1.54, 1.807) is 7.11 Å². The van der Waals surface area contributed by atoms with Crippen LogP contribution in [0.5, 0.6) is 5.75 Å². The van der Waals surface area contributed by atoms with E-state index >= 15 is 0 Å². The standard InChI is InChI=1S/C24H32N4O3S.C2H6/c1-6-7-16(4)14-18(20(30)11-13-29)23-25-26-24(32)28(23)19-8-9-21(31-5)22-17(19)10-12-27(22)15(2)3;1-2/h8-12,14-16,29-30H,6-7,13H2,1-5H3,(H,26,32);1-2H3/b18-14+,20-11+;. The molecule has 0 aliphatic rings. The lowest BCUT2D eigenvalue weighted by molar-refractivity contribution is 0.333. The van der Waals surface area contributed by atoms with E-state index < -0.39 is 0 Å². The molecule has 3 aromatic rings. The summed E-state index contributed by atoms with van der Waals surface area (Å²) in [5.74, 6) is 1.44. The fourth-order valence-corrected chi connectivity index (χ4v) is 4.25. The van der Waals surface area contributed by atoms with Crippen LogP contribution in [0.4, 0.5) is 0 Å². The molecule has 7 nitrogen and oxygen atoms in total. The van der Waals surface area contributed by atoms with Gasteiger partial charge in [-0.1, -0.05) is 40.2 Å². The summed E-state index contributed by atoms with van der Waals surface area (Å²) < 4.78 is 10.0. The van der Waals surface area contributed by atoms with Crippen LogP contribution in [-0.4, -0.2) is 43.3 Å². The molecule has 1 unspecified atom stereocenters. The van der Waals surface area contributed by atoms with Crippen LogP contribution in [0.1, 0.15) is 66.3 Å². The molecule has 2 heterocycles. The van der Waals surface area contributed by atoms with Crippen LogP contribution in [0.2, 0.25) is 0 Å². The summed E-state index contributed by atoms with van der Waals surface area (Å²) in [5, 5.41) is 28.4. The number of ether oxygens (including phenoxy) is 1. The SMILES string of the molecule is CC.CCCC(C)/C=C(\C(O)=C/CO)c1n[nH]c(=S)n1-c1ccc(OC)c2c1ccn2C(C)C. The van der Waals surface area contributed by atoms with Crippen LogP contribution >= 0.6 is 12.2 Å². The molecule has 0 aliphatic carbocycles. The Morgan fingerprint density at radius 3 is 2.53 bits per heavy atom. The van der Waals surface area contributed by atoms with Crippen molar-refractivity contribution in [1.82, 2.24) is 19.3 Å². The first-order chi connectivity index (χ1) is 16.3. The second kappa shape index (κ2) is 12.6. The summed E-state index contributed by atoms with van der Waals surface area (Å²) in [6.45, 7) is 12.2. The minimum Gasteiger partial charge on any atom is -0.507 e. The van der Waals surface area contributed by atoms with Gasteiger partial charge in [-0.25, -0.2) is 0 Å². The molecule has 0 amide bonds. The zero-order valence-corrected chi connectivity index (χ0v) is 22.1. The number of fused-ring (bicyclic) bond motifs is 1. The average Bonchev–Trinajstić information content (AvgIpc) is 3.43. The Labute approximate surface area is 207 Å². The molecule has 0 aliphatic heterocycles. The number of rotatable bonds is 9. The van der Waals surface area contributed by atoms with Crippen LogP contribution in [0.25, 0.3) is 22.2 Å². The van der Waals surface area contributed by atoms with E-state index in [9.17, 15) is 10.2 Å². The Bertz CT molecular complexity index is 1200. The highest BCUT2D eigenvalue weighted by Gasteiger charge is 2.21. The van der Waals surface area contributed by atoms with Crippen molar-refractivity contribution >= 4 is 28.7 Å². The van der Waals surface area contributed by atoms with Crippen molar-refractivity contribution in [3.8, 4) is 11.4 Å². The van der Waals surface area contributed by atoms with E-state index in [-0.39, 0.29) is 24.3 Å². The normalized spacial score (nSPS) is 13.2. The van der Waals surface area contributed by atoms with Crippen LogP contribution in [-0.2, 0) is 0 Å². The van der Waals surface area contributed by atoms with Gasteiger partial charge in [0.25, 0.3) is 0 Å². The Balaban J connectivity index is 0.00000199. The van der Waals surface area contributed by atoms with E-state index in [1.807, 2.05) is 48.9 Å². The maximum absolute atomic E-state index is 10.7. The van der Waals surface area contributed by atoms with E-state index in [1.165, 1.54) is 6.08 Å². The van der Waals surface area contributed by atoms with Crippen molar-refractivity contribution in [3.05, 3.63) is 52.9 Å². The summed E-state index contributed by atoms with van der Waals surface area (Å²) in [6, 6.07) is 6.15. The second-order valence-electron chi connectivity index (χ2n) is 8.17. The highest BCUT2D eigenvalue weighted by atomic mass is 32.1. The van der Waals surface area contributed by atoms with Crippen LogP contribution in [0.3, 0.4) is 0 Å². The first-order valence-corrected chi connectivity index (χ1v) is 12.3. The van der Waals surface area contributed by atoms with Gasteiger partial charge in [-0.15, -0.1) is 0 Å². The van der Waals surface area contributed by atoms with Crippen molar-refractivity contribution in [3.63, 3.8) is 0 Å². The van der Waals surface area contributed by atoms with Crippen molar-refractivity contribution in [2.75, 3.05) is 13.7 Å². The first-order valence-electron chi connectivity index (χ1n) is 11.9. The van der Waals surface area contributed by atoms with Gasteiger partial charge in [-0.3, -0.25) is 9.67 Å². The third-order valence-corrected chi connectivity index (χ3v) is 5.78. The number of hydrogen-bond acceptors (Lipinski definition) is 5. The summed E-state index contributed by atoms with van der Waals surface area (Å²) >= 11 is 5.60. The van der Waals surface area contributed by atoms with Crippen molar-refractivity contribution in [2.24, 2.45) is 5.92 Å². The smallest absolute Gasteiger partial charge is 0.200 e. The molecule has 8 heteroatoms. The molecule has 0 spiro atoms. The molecule has 0 bridgehead atoms. The zero-order valence-electron chi connectivity index (χ0n) is 21.3. The summed E-state index contributed by atoms with van der Waals surface area (Å²) in [6.07, 6.45) is 7.36. The van der Waals surface area contributed by atoms with Gasteiger partial charge in [-0.05, 0) is 62.7 Å². The lowest BCUT2D eigenvalue weighted by Gasteiger charge is -2.16. The molecule has 3 N–H and O–H groups in total. The van der Waals surface area contributed by atoms with Gasteiger partial charge < -0.3 is 19.5 Å². The molecule has 3 rings (SSSR count). The summed E-state index contributed by atoms with van der Waals surface area (Å²) in [7, 11) is 1.66. The predicted octanol–water partition coefficient (Wildman–Crippen LogP) is 6.75.